The van der Waals surface area contributed by atoms with Gasteiger partial charge in [-0.2, -0.15) is 0 Å². The molecule has 218 valence electrons. The van der Waals surface area contributed by atoms with Crippen LogP contribution in [0.2, 0.25) is 0 Å². The number of hydrogen-bond donors (Lipinski definition) is 4. The summed E-state index contributed by atoms with van der Waals surface area (Å²) in [5.41, 5.74) is 1.05. The number of aliphatic hydroxyl groups excluding tert-OH is 3. The zero-order valence-corrected chi connectivity index (χ0v) is 25.4. The van der Waals surface area contributed by atoms with Crippen molar-refractivity contribution in [3.63, 3.8) is 0 Å². The predicted octanol–water partition coefficient (Wildman–Crippen LogP) is 3.16. The van der Waals surface area contributed by atoms with Gasteiger partial charge in [0, 0.05) is 31.5 Å². The van der Waals surface area contributed by atoms with Crippen LogP contribution in [-0.4, -0.2) is 77.1 Å². The number of methoxy groups -OCH3 is 1. The van der Waals surface area contributed by atoms with Gasteiger partial charge in [-0.3, -0.25) is 9.59 Å². The number of benzene rings is 1. The van der Waals surface area contributed by atoms with Crippen LogP contribution in [0.1, 0.15) is 64.4 Å². The summed E-state index contributed by atoms with van der Waals surface area (Å²) in [6.07, 6.45) is 5.68. The summed E-state index contributed by atoms with van der Waals surface area (Å²) in [5, 5.41) is 33.2. The molecule has 0 aromatic heterocycles. The molecule has 39 heavy (non-hydrogen) atoms. The third-order valence-electron chi connectivity index (χ3n) is 7.42. The third-order valence-corrected chi connectivity index (χ3v) is 8.22. The zero-order valence-electron chi connectivity index (χ0n) is 23.2. The molecule has 0 spiro atoms. The second-order valence-corrected chi connectivity index (χ2v) is 12.1. The third kappa shape index (κ3) is 8.55. The Morgan fingerprint density at radius 1 is 1.18 bits per heavy atom. The first-order chi connectivity index (χ1) is 18.7. The molecule has 0 heterocycles. The lowest BCUT2D eigenvalue weighted by Crippen LogP contribution is -2.56. The van der Waals surface area contributed by atoms with E-state index in [4.69, 9.17) is 9.47 Å². The lowest BCUT2D eigenvalue weighted by Gasteiger charge is -2.42. The van der Waals surface area contributed by atoms with Crippen LogP contribution in [0, 0.1) is 15.4 Å². The highest BCUT2D eigenvalue weighted by Gasteiger charge is 2.41. The van der Waals surface area contributed by atoms with Crippen LogP contribution in [0.5, 0.6) is 11.5 Å². The topological polar surface area (TPSA) is 129 Å². The Labute approximate surface area is 245 Å². The number of halogens is 1. The zero-order chi connectivity index (χ0) is 28.5. The summed E-state index contributed by atoms with van der Waals surface area (Å²) in [7, 11) is 1.50. The molecule has 2 aliphatic carbocycles. The van der Waals surface area contributed by atoms with E-state index in [-0.39, 0.29) is 43.9 Å². The van der Waals surface area contributed by atoms with Gasteiger partial charge in [0.05, 0.1) is 29.9 Å². The van der Waals surface area contributed by atoms with Gasteiger partial charge in [-0.05, 0) is 71.0 Å². The van der Waals surface area contributed by atoms with Gasteiger partial charge < -0.3 is 35.0 Å². The molecule has 3 rings (SSSR count). The summed E-state index contributed by atoms with van der Waals surface area (Å²) in [6, 6.07) is 2.79. The van der Waals surface area contributed by atoms with Crippen molar-refractivity contribution < 1.29 is 34.4 Å². The largest absolute Gasteiger partial charge is 0.493 e. The van der Waals surface area contributed by atoms with Gasteiger partial charge in [0.25, 0.3) is 0 Å². The summed E-state index contributed by atoms with van der Waals surface area (Å²) in [5.74, 6) is 0.896. The van der Waals surface area contributed by atoms with Crippen molar-refractivity contribution in [2.24, 2.45) is 11.8 Å². The predicted molar refractivity (Wildman–Crippen MR) is 156 cm³/mol. The normalized spacial score (nSPS) is 21.8. The van der Waals surface area contributed by atoms with Crippen LogP contribution in [0.4, 0.5) is 0 Å². The maximum Gasteiger partial charge on any atom is 0.247 e. The molecule has 1 aromatic rings. The van der Waals surface area contributed by atoms with Crippen LogP contribution < -0.4 is 14.8 Å². The van der Waals surface area contributed by atoms with Gasteiger partial charge >= 0.3 is 0 Å². The highest BCUT2D eigenvalue weighted by molar-refractivity contribution is 14.1. The first kappa shape index (κ1) is 31.6. The van der Waals surface area contributed by atoms with E-state index >= 15 is 0 Å². The Morgan fingerprint density at radius 3 is 2.51 bits per heavy atom. The highest BCUT2D eigenvalue weighted by Crippen LogP contribution is 2.37. The number of carbonyl (C=O) groups is 2. The van der Waals surface area contributed by atoms with Crippen molar-refractivity contribution >= 4 is 34.4 Å². The molecule has 0 saturated heterocycles. The van der Waals surface area contributed by atoms with E-state index in [9.17, 15) is 24.9 Å². The maximum absolute atomic E-state index is 13.6. The molecule has 0 radical (unpaired) electrons. The molecule has 0 bridgehead atoms. The number of nitrogens with zero attached hydrogens (tertiary/aromatic N) is 1. The molecule has 9 nitrogen and oxygen atoms in total. The Balaban J connectivity index is 1.99. The number of ether oxygens (including phenoxy) is 2. The molecule has 2 aliphatic rings. The molecule has 10 heteroatoms. The van der Waals surface area contributed by atoms with Crippen molar-refractivity contribution in [3.8, 4) is 11.5 Å². The van der Waals surface area contributed by atoms with Crippen LogP contribution in [0.15, 0.2) is 23.8 Å². The Kier molecular flexibility index (Phi) is 12.3. The van der Waals surface area contributed by atoms with Crippen molar-refractivity contribution in [1.29, 1.82) is 0 Å². The molecule has 0 aliphatic heterocycles. The number of hydrogen-bond acceptors (Lipinski definition) is 7. The van der Waals surface area contributed by atoms with Crippen molar-refractivity contribution in [2.45, 2.75) is 83.6 Å². The van der Waals surface area contributed by atoms with E-state index in [1.165, 1.54) is 13.5 Å². The molecule has 2 amide bonds. The number of nitrogens with one attached hydrogen (secondary N) is 1. The summed E-state index contributed by atoms with van der Waals surface area (Å²) in [4.78, 5) is 28.4. The first-order valence-corrected chi connectivity index (χ1v) is 15.0. The minimum Gasteiger partial charge on any atom is -0.493 e. The van der Waals surface area contributed by atoms with Gasteiger partial charge in [-0.25, -0.2) is 0 Å². The average Bonchev–Trinajstić information content (AvgIpc) is 2.92. The Morgan fingerprint density at radius 2 is 1.90 bits per heavy atom. The fraction of sp³-hybridized carbons (Fsp3) is 0.655. The van der Waals surface area contributed by atoms with Gasteiger partial charge in [0.1, 0.15) is 12.2 Å². The van der Waals surface area contributed by atoms with Gasteiger partial charge in [0.2, 0.25) is 11.8 Å². The number of rotatable bonds is 12. The highest BCUT2D eigenvalue weighted by atomic mass is 127. The van der Waals surface area contributed by atoms with E-state index in [1.54, 1.807) is 23.1 Å². The van der Waals surface area contributed by atoms with Gasteiger partial charge in [-0.15, -0.1) is 0 Å². The second kappa shape index (κ2) is 15.2. The number of carbonyl (C=O) groups excluding carboxylic acids is 2. The lowest BCUT2D eigenvalue weighted by molar-refractivity contribution is -0.140. The minimum absolute atomic E-state index is 0.0325. The maximum atomic E-state index is 13.6. The summed E-state index contributed by atoms with van der Waals surface area (Å²) >= 11 is 2.09. The molecule has 3 atom stereocenters. The second-order valence-electron chi connectivity index (χ2n) is 10.9. The van der Waals surface area contributed by atoms with Crippen molar-refractivity contribution in [1.82, 2.24) is 10.2 Å². The van der Waals surface area contributed by atoms with E-state index in [0.29, 0.717) is 45.1 Å². The van der Waals surface area contributed by atoms with Crippen LogP contribution in [0.3, 0.4) is 0 Å². The lowest BCUT2D eigenvalue weighted by atomic mass is 9.85. The van der Waals surface area contributed by atoms with E-state index in [2.05, 4.69) is 27.9 Å². The number of amides is 2. The SMILES string of the molecule is COc1cc(CO)cc(I)c1OC1C=C(C(=O)NCCO)CC(N(CC2CCCCC2)C(=O)CC(C)C)C1O. The Hall–Kier alpha value is -1.89. The smallest absolute Gasteiger partial charge is 0.247 e. The van der Waals surface area contributed by atoms with Crippen molar-refractivity contribution in [2.75, 3.05) is 26.8 Å². The molecule has 1 aromatic carbocycles. The average molecular weight is 659 g/mol. The Bertz CT molecular complexity index is 1010. The van der Waals surface area contributed by atoms with Crippen molar-refractivity contribution in [3.05, 3.63) is 32.9 Å². The molecular formula is C29H43IN2O7. The van der Waals surface area contributed by atoms with Gasteiger partial charge in [-0.1, -0.05) is 33.1 Å². The van der Waals surface area contributed by atoms with Crippen LogP contribution in [-0.2, 0) is 16.2 Å². The fourth-order valence-corrected chi connectivity index (χ4v) is 6.22. The molecule has 4 N–H and O–H groups in total. The molecule has 1 fully saturated rings. The van der Waals surface area contributed by atoms with E-state index < -0.39 is 18.2 Å². The first-order valence-electron chi connectivity index (χ1n) is 13.9. The number of aliphatic hydroxyl groups is 3. The molecule has 3 unspecified atom stereocenters. The van der Waals surface area contributed by atoms with E-state index in [1.807, 2.05) is 13.8 Å². The minimum atomic E-state index is -1.09. The monoisotopic (exact) mass is 658 g/mol. The van der Waals surface area contributed by atoms with Crippen LogP contribution in [0.25, 0.3) is 0 Å². The van der Waals surface area contributed by atoms with Gasteiger partial charge in [0.15, 0.2) is 11.5 Å². The summed E-state index contributed by atoms with van der Waals surface area (Å²) in [6.45, 7) is 4.27. The van der Waals surface area contributed by atoms with E-state index in [0.717, 1.165) is 25.7 Å². The van der Waals surface area contributed by atoms with Crippen LogP contribution >= 0.6 is 22.6 Å². The summed E-state index contributed by atoms with van der Waals surface area (Å²) < 4.78 is 12.5. The molecular weight excluding hydrogens is 615 g/mol. The molecule has 1 saturated carbocycles. The standard InChI is InChI=1S/C29H43IN2O7/c1-18(2)11-26(35)32(16-19-7-5-4-6-8-19)23-14-21(29(37)31-9-10-33)15-24(27(23)36)39-28-22(30)12-20(17-34)13-25(28)38-3/h12-13,15,18-19,23-24,27,33-34,36H,4-11,14,16-17H2,1-3H3,(H,31,37). The quantitative estimate of drug-likeness (QED) is 0.254. The fourth-order valence-electron chi connectivity index (χ4n) is 5.43.